The number of hydrogen-bond donors (Lipinski definition) is 0. The van der Waals surface area contributed by atoms with Crippen molar-refractivity contribution in [2.45, 2.75) is 16.7 Å². The van der Waals surface area contributed by atoms with Crippen LogP contribution in [0.3, 0.4) is 0 Å². The fourth-order valence-electron chi connectivity index (χ4n) is 2.36. The summed E-state index contributed by atoms with van der Waals surface area (Å²) in [5.74, 6) is 0.792. The quantitative estimate of drug-likeness (QED) is 0.613. The van der Waals surface area contributed by atoms with Crippen molar-refractivity contribution in [1.82, 2.24) is 0 Å². The Bertz CT molecular complexity index is 900. The van der Waals surface area contributed by atoms with Gasteiger partial charge in [-0.3, -0.25) is 4.99 Å². The van der Waals surface area contributed by atoms with Gasteiger partial charge in [0.15, 0.2) is 0 Å². The van der Waals surface area contributed by atoms with Crippen LogP contribution in [0.4, 0.5) is 5.69 Å². The van der Waals surface area contributed by atoms with Crippen LogP contribution >= 0.6 is 0 Å². The minimum atomic E-state index is -1.24. The van der Waals surface area contributed by atoms with Gasteiger partial charge in [0.1, 0.15) is 5.75 Å². The largest absolute Gasteiger partial charge is 0.497 e. The fourth-order valence-corrected chi connectivity index (χ4v) is 3.53. The molecular formula is C21H19NO2S. The Hall–Kier alpha value is -2.72. The lowest BCUT2D eigenvalue weighted by molar-refractivity contribution is 0.415. The third-order valence-electron chi connectivity index (χ3n) is 3.78. The van der Waals surface area contributed by atoms with Crippen LogP contribution in [-0.4, -0.2) is 17.5 Å². The number of methoxy groups -OCH3 is 1. The molecule has 4 heteroatoms. The molecule has 0 N–H and O–H groups in total. The molecule has 0 unspecified atom stereocenters. The van der Waals surface area contributed by atoms with Crippen LogP contribution in [0.25, 0.3) is 0 Å². The zero-order valence-electron chi connectivity index (χ0n) is 14.2. The molecule has 0 aliphatic rings. The van der Waals surface area contributed by atoms with Crippen molar-refractivity contribution in [3.05, 3.63) is 83.9 Å². The van der Waals surface area contributed by atoms with Gasteiger partial charge in [0, 0.05) is 16.7 Å². The maximum absolute atomic E-state index is 12.9. The van der Waals surface area contributed by atoms with Gasteiger partial charge in [0.05, 0.1) is 28.5 Å². The lowest BCUT2D eigenvalue weighted by Crippen LogP contribution is -1.98. The van der Waals surface area contributed by atoms with E-state index in [1.54, 1.807) is 13.3 Å². The summed E-state index contributed by atoms with van der Waals surface area (Å²) < 4.78 is 18.1. The molecule has 0 aromatic heterocycles. The van der Waals surface area contributed by atoms with E-state index in [1.807, 2.05) is 79.7 Å². The summed E-state index contributed by atoms with van der Waals surface area (Å²) in [4.78, 5) is 6.03. The normalized spacial score (nSPS) is 12.2. The van der Waals surface area contributed by atoms with Crippen LogP contribution in [-0.2, 0) is 10.8 Å². The zero-order valence-corrected chi connectivity index (χ0v) is 15.0. The van der Waals surface area contributed by atoms with E-state index in [1.165, 1.54) is 0 Å². The fraction of sp³-hybridized carbons (Fsp3) is 0.0952. The molecule has 3 rings (SSSR count). The van der Waals surface area contributed by atoms with Gasteiger partial charge in [0.25, 0.3) is 0 Å². The van der Waals surface area contributed by atoms with Gasteiger partial charge in [-0.1, -0.05) is 35.9 Å². The van der Waals surface area contributed by atoms with Gasteiger partial charge < -0.3 is 4.74 Å². The molecule has 0 radical (unpaired) electrons. The lowest BCUT2D eigenvalue weighted by atomic mass is 10.2. The van der Waals surface area contributed by atoms with E-state index in [0.29, 0.717) is 0 Å². The predicted octanol–water partition coefficient (Wildman–Crippen LogP) is 4.92. The van der Waals surface area contributed by atoms with E-state index >= 15 is 0 Å². The molecule has 0 aliphatic carbocycles. The molecule has 25 heavy (non-hydrogen) atoms. The molecule has 0 saturated carbocycles. The van der Waals surface area contributed by atoms with Crippen molar-refractivity contribution >= 4 is 22.7 Å². The summed E-state index contributed by atoms with van der Waals surface area (Å²) in [5, 5.41) is 0. The number of nitrogens with zero attached hydrogens (tertiary/aromatic N) is 1. The molecule has 3 nitrogen and oxygen atoms in total. The zero-order chi connectivity index (χ0) is 17.6. The third-order valence-corrected chi connectivity index (χ3v) is 5.25. The van der Waals surface area contributed by atoms with Gasteiger partial charge in [-0.15, -0.1) is 0 Å². The predicted molar refractivity (Wildman–Crippen MR) is 103 cm³/mol. The topological polar surface area (TPSA) is 38.7 Å². The lowest BCUT2D eigenvalue weighted by Gasteiger charge is -2.06. The highest BCUT2D eigenvalue weighted by Crippen LogP contribution is 2.21. The first kappa shape index (κ1) is 17.1. The first-order valence-electron chi connectivity index (χ1n) is 7.93. The number of ether oxygens (including phenoxy) is 1. The smallest absolute Gasteiger partial charge is 0.119 e. The molecule has 0 fully saturated rings. The molecule has 3 aromatic rings. The Labute approximate surface area is 150 Å². The number of aliphatic imine (C=N–C) groups is 1. The minimum Gasteiger partial charge on any atom is -0.497 e. The molecular weight excluding hydrogens is 330 g/mol. The van der Waals surface area contributed by atoms with Crippen LogP contribution in [0, 0.1) is 6.92 Å². The SMILES string of the molecule is COc1ccc(N=Cc2ccccc2[S@@](=O)c2ccc(C)cc2)cc1. The van der Waals surface area contributed by atoms with Gasteiger partial charge in [-0.05, 0) is 49.4 Å². The highest BCUT2D eigenvalue weighted by Gasteiger charge is 2.10. The summed E-state index contributed by atoms with van der Waals surface area (Å²) in [7, 11) is 0.393. The Kier molecular flexibility index (Phi) is 5.41. The van der Waals surface area contributed by atoms with Crippen molar-refractivity contribution in [3.63, 3.8) is 0 Å². The van der Waals surface area contributed by atoms with Crippen LogP contribution in [0.15, 0.2) is 87.6 Å². The highest BCUT2D eigenvalue weighted by atomic mass is 32.2. The molecule has 0 bridgehead atoms. The Morgan fingerprint density at radius 3 is 2.28 bits per heavy atom. The minimum absolute atomic E-state index is 0.753. The van der Waals surface area contributed by atoms with Crippen LogP contribution in [0.5, 0.6) is 5.75 Å². The number of hydrogen-bond acceptors (Lipinski definition) is 3. The molecule has 0 aliphatic heterocycles. The average Bonchev–Trinajstić information content (AvgIpc) is 2.67. The van der Waals surface area contributed by atoms with E-state index < -0.39 is 10.8 Å². The summed E-state index contributed by atoms with van der Waals surface area (Å²) in [5.41, 5.74) is 2.81. The Morgan fingerprint density at radius 1 is 0.920 bits per heavy atom. The maximum Gasteiger partial charge on any atom is 0.119 e. The molecule has 0 amide bonds. The van der Waals surface area contributed by atoms with Crippen LogP contribution in [0.1, 0.15) is 11.1 Å². The van der Waals surface area contributed by atoms with E-state index in [0.717, 1.165) is 32.4 Å². The van der Waals surface area contributed by atoms with Crippen LogP contribution < -0.4 is 4.74 Å². The first-order valence-corrected chi connectivity index (χ1v) is 9.08. The molecule has 0 heterocycles. The number of benzene rings is 3. The summed E-state index contributed by atoms with van der Waals surface area (Å²) in [6.45, 7) is 2.02. The van der Waals surface area contributed by atoms with E-state index in [4.69, 9.17) is 4.74 Å². The van der Waals surface area contributed by atoms with Gasteiger partial charge in [-0.25, -0.2) is 4.21 Å². The van der Waals surface area contributed by atoms with Crippen molar-refractivity contribution in [2.24, 2.45) is 4.99 Å². The molecule has 1 atom stereocenters. The number of aryl methyl sites for hydroxylation is 1. The molecule has 0 saturated heterocycles. The summed E-state index contributed by atoms with van der Waals surface area (Å²) in [6.07, 6.45) is 1.75. The maximum atomic E-state index is 12.9. The van der Waals surface area contributed by atoms with Crippen molar-refractivity contribution in [3.8, 4) is 5.75 Å². The van der Waals surface area contributed by atoms with E-state index in [9.17, 15) is 4.21 Å². The van der Waals surface area contributed by atoms with Gasteiger partial charge >= 0.3 is 0 Å². The average molecular weight is 349 g/mol. The Morgan fingerprint density at radius 2 is 1.60 bits per heavy atom. The van der Waals surface area contributed by atoms with E-state index in [-0.39, 0.29) is 0 Å². The second-order valence-corrected chi connectivity index (χ2v) is 7.02. The first-order chi connectivity index (χ1) is 12.2. The van der Waals surface area contributed by atoms with Gasteiger partial charge in [0.2, 0.25) is 0 Å². The van der Waals surface area contributed by atoms with Crippen molar-refractivity contribution in [2.75, 3.05) is 7.11 Å². The second-order valence-electron chi connectivity index (χ2n) is 5.58. The number of rotatable bonds is 5. The Balaban J connectivity index is 1.88. The highest BCUT2D eigenvalue weighted by molar-refractivity contribution is 7.85. The second kappa shape index (κ2) is 7.90. The standard InChI is InChI=1S/C21H19NO2S/c1-16-7-13-20(14-8-16)25(23)21-6-4-3-5-17(21)15-22-18-9-11-19(24-2)12-10-18/h3-15H,1-2H3/t25-/m0/s1. The molecule has 126 valence electrons. The van der Waals surface area contributed by atoms with Gasteiger partial charge in [-0.2, -0.15) is 0 Å². The molecule has 0 spiro atoms. The summed E-state index contributed by atoms with van der Waals surface area (Å²) in [6, 6.07) is 22.9. The molecule has 3 aromatic carbocycles. The van der Waals surface area contributed by atoms with Crippen molar-refractivity contribution in [1.29, 1.82) is 0 Å². The monoisotopic (exact) mass is 349 g/mol. The summed E-state index contributed by atoms with van der Waals surface area (Å²) >= 11 is 0. The van der Waals surface area contributed by atoms with Crippen molar-refractivity contribution < 1.29 is 8.95 Å². The third kappa shape index (κ3) is 4.22. The van der Waals surface area contributed by atoms with Crippen LogP contribution in [0.2, 0.25) is 0 Å². The van der Waals surface area contributed by atoms with E-state index in [2.05, 4.69) is 4.99 Å².